The van der Waals surface area contributed by atoms with Gasteiger partial charge in [0.25, 0.3) is 0 Å². The number of hydrogen-bond acceptors (Lipinski definition) is 3. The minimum absolute atomic E-state index is 0.297. The number of methoxy groups -OCH3 is 1. The standard InChI is InChI=1S/C13H16BrNO2/c1-17-12-2-3-13(14)10(6-12)5-11(16)4-9-7-15-8-9/h2-3,6,9,15H,4-5,7-8H2,1H3. The number of ether oxygens (including phenoxy) is 1. The van der Waals surface area contributed by atoms with Crippen molar-refractivity contribution in [1.82, 2.24) is 5.32 Å². The molecule has 92 valence electrons. The zero-order valence-electron chi connectivity index (χ0n) is 9.83. The summed E-state index contributed by atoms with van der Waals surface area (Å²) in [7, 11) is 1.63. The molecule has 0 aromatic heterocycles. The smallest absolute Gasteiger partial charge is 0.137 e. The summed E-state index contributed by atoms with van der Waals surface area (Å²) < 4.78 is 6.13. The van der Waals surface area contributed by atoms with Crippen molar-refractivity contribution in [3.8, 4) is 5.75 Å². The molecular weight excluding hydrogens is 282 g/mol. The molecule has 1 aromatic rings. The molecule has 0 spiro atoms. The first-order valence-corrected chi connectivity index (χ1v) is 6.53. The van der Waals surface area contributed by atoms with Crippen molar-refractivity contribution in [1.29, 1.82) is 0 Å². The second-order valence-corrected chi connectivity index (χ2v) is 5.26. The second-order valence-electron chi connectivity index (χ2n) is 4.40. The van der Waals surface area contributed by atoms with E-state index >= 15 is 0 Å². The summed E-state index contributed by atoms with van der Waals surface area (Å²) in [4.78, 5) is 11.9. The van der Waals surface area contributed by atoms with Gasteiger partial charge in [0, 0.05) is 17.3 Å². The number of halogens is 1. The first-order valence-electron chi connectivity index (χ1n) is 5.74. The Morgan fingerprint density at radius 2 is 2.29 bits per heavy atom. The highest BCUT2D eigenvalue weighted by atomic mass is 79.9. The van der Waals surface area contributed by atoms with Crippen LogP contribution < -0.4 is 10.1 Å². The molecule has 0 radical (unpaired) electrons. The monoisotopic (exact) mass is 297 g/mol. The van der Waals surface area contributed by atoms with Gasteiger partial charge in [0.05, 0.1) is 7.11 Å². The van der Waals surface area contributed by atoms with Crippen LogP contribution in [-0.2, 0) is 11.2 Å². The van der Waals surface area contributed by atoms with Crippen molar-refractivity contribution in [2.45, 2.75) is 12.8 Å². The molecule has 0 amide bonds. The lowest BCUT2D eigenvalue weighted by molar-refractivity contribution is -0.119. The lowest BCUT2D eigenvalue weighted by Crippen LogP contribution is -2.43. The maximum Gasteiger partial charge on any atom is 0.137 e. The quantitative estimate of drug-likeness (QED) is 0.905. The van der Waals surface area contributed by atoms with Crippen molar-refractivity contribution >= 4 is 21.7 Å². The summed E-state index contributed by atoms with van der Waals surface area (Å²) in [5.41, 5.74) is 1.00. The minimum Gasteiger partial charge on any atom is -0.497 e. The molecule has 0 atom stereocenters. The highest BCUT2D eigenvalue weighted by Crippen LogP contribution is 2.24. The highest BCUT2D eigenvalue weighted by molar-refractivity contribution is 9.10. The average molecular weight is 298 g/mol. The van der Waals surface area contributed by atoms with E-state index in [4.69, 9.17) is 4.74 Å². The molecular formula is C13H16BrNO2. The molecule has 17 heavy (non-hydrogen) atoms. The molecule has 2 rings (SSSR count). The fraction of sp³-hybridized carbons (Fsp3) is 0.462. The molecule has 4 heteroatoms. The predicted octanol–water partition coefficient (Wildman–Crippen LogP) is 2.18. The van der Waals surface area contributed by atoms with Crippen LogP contribution in [0.25, 0.3) is 0 Å². The van der Waals surface area contributed by atoms with E-state index in [1.54, 1.807) is 7.11 Å². The van der Waals surface area contributed by atoms with Crippen LogP contribution in [0.2, 0.25) is 0 Å². The fourth-order valence-corrected chi connectivity index (χ4v) is 2.30. The molecule has 1 heterocycles. The largest absolute Gasteiger partial charge is 0.497 e. The zero-order chi connectivity index (χ0) is 12.3. The molecule has 0 unspecified atom stereocenters. The molecule has 1 fully saturated rings. The van der Waals surface area contributed by atoms with Gasteiger partial charge in [-0.2, -0.15) is 0 Å². The Hall–Kier alpha value is -0.870. The minimum atomic E-state index is 0.297. The van der Waals surface area contributed by atoms with Gasteiger partial charge in [0.1, 0.15) is 11.5 Å². The summed E-state index contributed by atoms with van der Waals surface area (Å²) in [6.07, 6.45) is 1.16. The average Bonchev–Trinajstić information content (AvgIpc) is 2.27. The number of rotatable bonds is 5. The lowest BCUT2D eigenvalue weighted by Gasteiger charge is -2.26. The van der Waals surface area contributed by atoms with Crippen LogP contribution >= 0.6 is 15.9 Å². The van der Waals surface area contributed by atoms with Crippen molar-refractivity contribution in [2.24, 2.45) is 5.92 Å². The van der Waals surface area contributed by atoms with Gasteiger partial charge in [0.15, 0.2) is 0 Å². The molecule has 1 aliphatic heterocycles. The third-order valence-corrected chi connectivity index (χ3v) is 3.80. The lowest BCUT2D eigenvalue weighted by atomic mass is 9.94. The van der Waals surface area contributed by atoms with Crippen molar-refractivity contribution < 1.29 is 9.53 Å². The predicted molar refractivity (Wildman–Crippen MR) is 70.4 cm³/mol. The van der Waals surface area contributed by atoms with Crippen molar-refractivity contribution in [3.05, 3.63) is 28.2 Å². The van der Waals surface area contributed by atoms with E-state index in [0.29, 0.717) is 24.5 Å². The molecule has 0 aliphatic carbocycles. The van der Waals surface area contributed by atoms with Gasteiger partial charge in [-0.3, -0.25) is 4.79 Å². The third-order valence-electron chi connectivity index (χ3n) is 3.02. The Bertz CT molecular complexity index is 416. The number of carbonyl (C=O) groups excluding carboxylic acids is 1. The Balaban J connectivity index is 1.98. The van der Waals surface area contributed by atoms with Gasteiger partial charge in [-0.15, -0.1) is 0 Å². The van der Waals surface area contributed by atoms with E-state index in [-0.39, 0.29) is 0 Å². The van der Waals surface area contributed by atoms with Crippen LogP contribution in [-0.4, -0.2) is 26.0 Å². The first kappa shape index (κ1) is 12.6. The van der Waals surface area contributed by atoms with Gasteiger partial charge < -0.3 is 10.1 Å². The Labute approximate surface area is 110 Å². The number of nitrogens with one attached hydrogen (secondary N) is 1. The molecule has 3 nitrogen and oxygen atoms in total. The molecule has 1 aromatic carbocycles. The zero-order valence-corrected chi connectivity index (χ0v) is 11.4. The maximum absolute atomic E-state index is 11.9. The van der Waals surface area contributed by atoms with Gasteiger partial charge in [-0.25, -0.2) is 0 Å². The van der Waals surface area contributed by atoms with E-state index in [1.807, 2.05) is 18.2 Å². The van der Waals surface area contributed by atoms with E-state index in [2.05, 4.69) is 21.2 Å². The van der Waals surface area contributed by atoms with Crippen molar-refractivity contribution in [3.63, 3.8) is 0 Å². The Kier molecular flexibility index (Phi) is 4.18. The third kappa shape index (κ3) is 3.30. The van der Waals surface area contributed by atoms with Crippen LogP contribution in [0.15, 0.2) is 22.7 Å². The summed E-state index contributed by atoms with van der Waals surface area (Å²) in [6.45, 7) is 1.95. The van der Waals surface area contributed by atoms with E-state index in [1.165, 1.54) is 0 Å². The molecule has 1 N–H and O–H groups in total. The van der Waals surface area contributed by atoms with E-state index < -0.39 is 0 Å². The Morgan fingerprint density at radius 3 is 2.88 bits per heavy atom. The topological polar surface area (TPSA) is 38.3 Å². The summed E-state index contributed by atoms with van der Waals surface area (Å²) >= 11 is 3.47. The molecule has 1 saturated heterocycles. The summed E-state index contributed by atoms with van der Waals surface area (Å²) in [5.74, 6) is 1.62. The molecule has 0 bridgehead atoms. The first-order chi connectivity index (χ1) is 8.19. The molecule has 0 saturated carbocycles. The van der Waals surface area contributed by atoms with Crippen LogP contribution in [0.3, 0.4) is 0 Å². The van der Waals surface area contributed by atoms with Gasteiger partial charge in [-0.1, -0.05) is 15.9 Å². The SMILES string of the molecule is COc1ccc(Br)c(CC(=O)CC2CNC2)c1. The van der Waals surface area contributed by atoms with Gasteiger partial charge in [0.2, 0.25) is 0 Å². The van der Waals surface area contributed by atoms with Gasteiger partial charge in [-0.05, 0) is 42.8 Å². The summed E-state index contributed by atoms with van der Waals surface area (Å²) in [6, 6.07) is 5.72. The van der Waals surface area contributed by atoms with Crippen molar-refractivity contribution in [2.75, 3.05) is 20.2 Å². The number of ketones is 1. The highest BCUT2D eigenvalue weighted by Gasteiger charge is 2.20. The Morgan fingerprint density at radius 1 is 1.53 bits per heavy atom. The van der Waals surface area contributed by atoms with E-state index in [9.17, 15) is 4.79 Å². The van der Waals surface area contributed by atoms with Crippen LogP contribution in [0.5, 0.6) is 5.75 Å². The van der Waals surface area contributed by atoms with Crippen LogP contribution in [0.1, 0.15) is 12.0 Å². The van der Waals surface area contributed by atoms with Gasteiger partial charge >= 0.3 is 0 Å². The molecule has 1 aliphatic rings. The van der Waals surface area contributed by atoms with Crippen LogP contribution in [0.4, 0.5) is 0 Å². The van der Waals surface area contributed by atoms with Crippen LogP contribution in [0, 0.1) is 5.92 Å². The summed E-state index contributed by atoms with van der Waals surface area (Å²) in [5, 5.41) is 3.18. The fourth-order valence-electron chi connectivity index (χ4n) is 1.91. The number of hydrogen-bond donors (Lipinski definition) is 1. The number of benzene rings is 1. The number of carbonyl (C=O) groups is 1. The van der Waals surface area contributed by atoms with E-state index in [0.717, 1.165) is 28.9 Å². The second kappa shape index (κ2) is 5.65. The normalized spacial score (nSPS) is 15.4. The maximum atomic E-state index is 11.9. The number of Topliss-reactive ketones (excluding diaryl/α,β-unsaturated/α-hetero) is 1.